The smallest absolute Gasteiger partial charge is 0.243 e. The van der Waals surface area contributed by atoms with Crippen molar-refractivity contribution in [2.75, 3.05) is 27.8 Å². The summed E-state index contributed by atoms with van der Waals surface area (Å²) in [6.07, 6.45) is 1.29. The summed E-state index contributed by atoms with van der Waals surface area (Å²) < 4.78 is 0. The van der Waals surface area contributed by atoms with E-state index >= 15 is 0 Å². The van der Waals surface area contributed by atoms with E-state index in [1.807, 2.05) is 6.92 Å². The van der Waals surface area contributed by atoms with Crippen molar-refractivity contribution in [1.82, 2.24) is 0 Å². The van der Waals surface area contributed by atoms with Crippen molar-refractivity contribution < 1.29 is 14.4 Å². The van der Waals surface area contributed by atoms with Gasteiger partial charge >= 0.3 is 0 Å². The standard InChI is InChI=1S/C20H24N4O3/c1-3-4-19(26)23-17-7-5-15(6-8-17)21-13-20(27)24-18-11-9-16(10-12-18)22-14(2)25/h5-12,21H,3-4,13H2,1-2H3,(H,22,25)(H,23,26)(H,24,27). The van der Waals surface area contributed by atoms with Gasteiger partial charge in [0, 0.05) is 36.1 Å². The van der Waals surface area contributed by atoms with Crippen LogP contribution in [0.5, 0.6) is 0 Å². The lowest BCUT2D eigenvalue weighted by Gasteiger charge is -2.10. The fourth-order valence-corrected chi connectivity index (χ4v) is 2.35. The highest BCUT2D eigenvalue weighted by molar-refractivity contribution is 5.94. The first-order chi connectivity index (χ1) is 13.0. The van der Waals surface area contributed by atoms with Gasteiger partial charge < -0.3 is 21.3 Å². The predicted octanol–water partition coefficient (Wildman–Crippen LogP) is 3.43. The summed E-state index contributed by atoms with van der Waals surface area (Å²) in [4.78, 5) is 34.6. The molecule has 0 radical (unpaired) electrons. The molecule has 0 saturated carbocycles. The Morgan fingerprint density at radius 3 is 1.63 bits per heavy atom. The molecule has 0 bridgehead atoms. The molecular formula is C20H24N4O3. The average Bonchev–Trinajstić information content (AvgIpc) is 2.62. The molecule has 7 heteroatoms. The molecular weight excluding hydrogens is 344 g/mol. The van der Waals surface area contributed by atoms with E-state index in [2.05, 4.69) is 21.3 Å². The van der Waals surface area contributed by atoms with Crippen LogP contribution in [-0.4, -0.2) is 24.3 Å². The van der Waals surface area contributed by atoms with Crippen molar-refractivity contribution in [1.29, 1.82) is 0 Å². The Morgan fingerprint density at radius 1 is 0.704 bits per heavy atom. The summed E-state index contributed by atoms with van der Waals surface area (Å²) >= 11 is 0. The number of amides is 3. The van der Waals surface area contributed by atoms with Crippen LogP contribution < -0.4 is 21.3 Å². The SMILES string of the molecule is CCCC(=O)Nc1ccc(NCC(=O)Nc2ccc(NC(C)=O)cc2)cc1. The normalized spacial score (nSPS) is 10.0. The molecule has 0 unspecified atom stereocenters. The van der Waals surface area contributed by atoms with Gasteiger partial charge in [0.2, 0.25) is 17.7 Å². The Bertz CT molecular complexity index is 786. The minimum atomic E-state index is -0.192. The van der Waals surface area contributed by atoms with Crippen molar-refractivity contribution >= 4 is 40.5 Å². The molecule has 2 aromatic carbocycles. The van der Waals surface area contributed by atoms with Crippen LogP contribution in [0.25, 0.3) is 0 Å². The van der Waals surface area contributed by atoms with Crippen LogP contribution in [0.4, 0.5) is 22.7 Å². The van der Waals surface area contributed by atoms with Crippen LogP contribution in [0.15, 0.2) is 48.5 Å². The van der Waals surface area contributed by atoms with Crippen LogP contribution in [0.2, 0.25) is 0 Å². The van der Waals surface area contributed by atoms with Gasteiger partial charge in [-0.3, -0.25) is 14.4 Å². The van der Waals surface area contributed by atoms with Gasteiger partial charge in [-0.15, -0.1) is 0 Å². The first kappa shape index (κ1) is 20.0. The van der Waals surface area contributed by atoms with Crippen LogP contribution in [0, 0.1) is 0 Å². The van der Waals surface area contributed by atoms with Gasteiger partial charge in [0.1, 0.15) is 0 Å². The number of benzene rings is 2. The van der Waals surface area contributed by atoms with Crippen molar-refractivity contribution in [2.24, 2.45) is 0 Å². The summed E-state index contributed by atoms with van der Waals surface area (Å²) in [6.45, 7) is 3.50. The average molecular weight is 368 g/mol. The van der Waals surface area contributed by atoms with Crippen LogP contribution in [-0.2, 0) is 14.4 Å². The summed E-state index contributed by atoms with van der Waals surface area (Å²) in [6, 6.07) is 14.1. The first-order valence-corrected chi connectivity index (χ1v) is 8.77. The number of carbonyl (C=O) groups excluding carboxylic acids is 3. The van der Waals surface area contributed by atoms with Crippen molar-refractivity contribution in [3.05, 3.63) is 48.5 Å². The van der Waals surface area contributed by atoms with E-state index in [4.69, 9.17) is 0 Å². The number of carbonyl (C=O) groups is 3. The van der Waals surface area contributed by atoms with Gasteiger partial charge in [0.05, 0.1) is 6.54 Å². The summed E-state index contributed by atoms with van der Waals surface area (Å²) in [5, 5.41) is 11.3. The molecule has 2 rings (SSSR count). The van der Waals surface area contributed by atoms with E-state index in [0.29, 0.717) is 17.8 Å². The number of hydrogen-bond donors (Lipinski definition) is 4. The highest BCUT2D eigenvalue weighted by Gasteiger charge is 2.04. The zero-order valence-electron chi connectivity index (χ0n) is 15.5. The lowest BCUT2D eigenvalue weighted by Crippen LogP contribution is -2.21. The van der Waals surface area contributed by atoms with Gasteiger partial charge in [-0.25, -0.2) is 0 Å². The van der Waals surface area contributed by atoms with Crippen LogP contribution in [0.3, 0.4) is 0 Å². The zero-order chi connectivity index (χ0) is 19.6. The zero-order valence-corrected chi connectivity index (χ0v) is 15.5. The maximum absolute atomic E-state index is 12.0. The molecule has 0 aliphatic heterocycles. The second kappa shape index (κ2) is 9.96. The van der Waals surface area contributed by atoms with E-state index in [-0.39, 0.29) is 24.3 Å². The number of anilines is 4. The molecule has 2 aromatic rings. The second-order valence-corrected chi connectivity index (χ2v) is 6.04. The maximum atomic E-state index is 12.0. The van der Waals surface area contributed by atoms with Crippen molar-refractivity contribution in [3.8, 4) is 0 Å². The number of rotatable bonds is 8. The number of hydrogen-bond acceptors (Lipinski definition) is 4. The monoisotopic (exact) mass is 368 g/mol. The maximum Gasteiger partial charge on any atom is 0.243 e. The number of nitrogens with one attached hydrogen (secondary N) is 4. The Kier molecular flexibility index (Phi) is 7.37. The van der Waals surface area contributed by atoms with Crippen molar-refractivity contribution in [3.63, 3.8) is 0 Å². The largest absolute Gasteiger partial charge is 0.376 e. The van der Waals surface area contributed by atoms with Crippen LogP contribution in [0.1, 0.15) is 26.7 Å². The molecule has 0 spiro atoms. The second-order valence-electron chi connectivity index (χ2n) is 6.04. The van der Waals surface area contributed by atoms with E-state index in [1.165, 1.54) is 6.92 Å². The predicted molar refractivity (Wildman–Crippen MR) is 108 cm³/mol. The van der Waals surface area contributed by atoms with Gasteiger partial charge in [0.25, 0.3) is 0 Å². The molecule has 0 aromatic heterocycles. The highest BCUT2D eigenvalue weighted by Crippen LogP contribution is 2.15. The Balaban J connectivity index is 1.79. The van der Waals surface area contributed by atoms with E-state index in [0.717, 1.165) is 17.8 Å². The quantitative estimate of drug-likeness (QED) is 0.573. The van der Waals surface area contributed by atoms with Gasteiger partial charge in [0.15, 0.2) is 0 Å². The van der Waals surface area contributed by atoms with Gasteiger partial charge in [-0.2, -0.15) is 0 Å². The van der Waals surface area contributed by atoms with E-state index in [9.17, 15) is 14.4 Å². The third-order valence-corrected chi connectivity index (χ3v) is 3.59. The lowest BCUT2D eigenvalue weighted by atomic mass is 10.2. The molecule has 0 aliphatic carbocycles. The van der Waals surface area contributed by atoms with Crippen molar-refractivity contribution in [2.45, 2.75) is 26.7 Å². The molecule has 142 valence electrons. The van der Waals surface area contributed by atoms with Gasteiger partial charge in [-0.05, 0) is 55.0 Å². The van der Waals surface area contributed by atoms with Crippen LogP contribution >= 0.6 is 0 Å². The van der Waals surface area contributed by atoms with E-state index in [1.54, 1.807) is 48.5 Å². The third-order valence-electron chi connectivity index (χ3n) is 3.59. The molecule has 0 aliphatic rings. The molecule has 27 heavy (non-hydrogen) atoms. The fourth-order valence-electron chi connectivity index (χ4n) is 2.35. The molecule has 0 saturated heterocycles. The molecule has 0 atom stereocenters. The minimum absolute atomic E-state index is 0.0119. The topological polar surface area (TPSA) is 99.3 Å². The van der Waals surface area contributed by atoms with E-state index < -0.39 is 0 Å². The Hall–Kier alpha value is -3.35. The molecule has 3 amide bonds. The third kappa shape index (κ3) is 7.19. The molecule has 7 nitrogen and oxygen atoms in total. The highest BCUT2D eigenvalue weighted by atomic mass is 16.2. The molecule has 4 N–H and O–H groups in total. The van der Waals surface area contributed by atoms with Gasteiger partial charge in [-0.1, -0.05) is 6.92 Å². The summed E-state index contributed by atoms with van der Waals surface area (Å²) in [7, 11) is 0. The molecule has 0 fully saturated rings. The summed E-state index contributed by atoms with van der Waals surface area (Å²) in [5.41, 5.74) is 2.82. The minimum Gasteiger partial charge on any atom is -0.376 e. The lowest BCUT2D eigenvalue weighted by molar-refractivity contribution is -0.116. The Labute approximate surface area is 158 Å². The first-order valence-electron chi connectivity index (χ1n) is 8.77. The fraction of sp³-hybridized carbons (Fsp3) is 0.250. The summed E-state index contributed by atoms with van der Waals surface area (Å²) in [5.74, 6) is -0.350. The Morgan fingerprint density at radius 2 is 1.15 bits per heavy atom. The molecule has 0 heterocycles.